The Balaban J connectivity index is 4.56. The van der Waals surface area contributed by atoms with Gasteiger partial charge in [-0.15, -0.1) is 0 Å². The predicted molar refractivity (Wildman–Crippen MR) is 64.7 cm³/mol. The van der Waals surface area contributed by atoms with Crippen molar-refractivity contribution in [2.75, 3.05) is 7.11 Å². The molecule has 0 rings (SSSR count). The number of aliphatic carboxylic acids is 1. The summed E-state index contributed by atoms with van der Waals surface area (Å²) in [6, 6.07) is -1.26. The summed E-state index contributed by atoms with van der Waals surface area (Å²) in [5, 5.41) is 11.9. The van der Waals surface area contributed by atoms with E-state index in [4.69, 9.17) is 5.11 Å². The van der Waals surface area contributed by atoms with Gasteiger partial charge in [0.15, 0.2) is 0 Å². The Morgan fingerprint density at radius 2 is 1.94 bits per heavy atom. The first-order chi connectivity index (χ1) is 7.93. The number of carbonyl (C=O) groups is 2. The Labute approximate surface area is 103 Å². The van der Waals surface area contributed by atoms with E-state index in [0.717, 1.165) is 12.8 Å². The Kier molecular flexibility index (Phi) is 7.54. The number of nitrogens with one attached hydrogen (secondary N) is 1. The van der Waals surface area contributed by atoms with Crippen molar-refractivity contribution in [3.8, 4) is 0 Å². The summed E-state index contributed by atoms with van der Waals surface area (Å²) in [5.41, 5.74) is 0. The molecule has 0 bridgehead atoms. The molecule has 0 amide bonds. The molecule has 2 atom stereocenters. The van der Waals surface area contributed by atoms with Gasteiger partial charge < -0.3 is 9.84 Å². The van der Waals surface area contributed by atoms with Gasteiger partial charge in [-0.2, -0.15) is 0 Å². The third-order valence-corrected chi connectivity index (χ3v) is 2.65. The molecule has 0 saturated carbocycles. The summed E-state index contributed by atoms with van der Waals surface area (Å²) in [6.07, 6.45) is 2.26. The lowest BCUT2D eigenvalue weighted by Crippen LogP contribution is -2.50. The van der Waals surface area contributed by atoms with E-state index in [9.17, 15) is 9.59 Å². The molecule has 0 aliphatic heterocycles. The molecule has 5 heteroatoms. The molecule has 17 heavy (non-hydrogen) atoms. The van der Waals surface area contributed by atoms with Gasteiger partial charge in [-0.05, 0) is 12.3 Å². The molecule has 0 aliphatic rings. The lowest BCUT2D eigenvalue weighted by Gasteiger charge is -2.24. The minimum atomic E-state index is -0.923. The first kappa shape index (κ1) is 15.9. The second-order valence-corrected chi connectivity index (χ2v) is 4.44. The molecule has 0 fully saturated rings. The molecule has 0 saturated heterocycles. The third kappa shape index (κ3) is 5.68. The average Bonchev–Trinajstić information content (AvgIpc) is 2.27. The van der Waals surface area contributed by atoms with Crippen molar-refractivity contribution in [3.05, 3.63) is 0 Å². The molecule has 5 nitrogen and oxygen atoms in total. The molecule has 2 unspecified atom stereocenters. The van der Waals surface area contributed by atoms with Gasteiger partial charge in [0, 0.05) is 0 Å². The third-order valence-electron chi connectivity index (χ3n) is 2.65. The van der Waals surface area contributed by atoms with Gasteiger partial charge in [0.2, 0.25) is 0 Å². The summed E-state index contributed by atoms with van der Waals surface area (Å²) in [5.74, 6) is -1.35. The number of methoxy groups -OCH3 is 1. The van der Waals surface area contributed by atoms with E-state index >= 15 is 0 Å². The van der Waals surface area contributed by atoms with Gasteiger partial charge >= 0.3 is 11.9 Å². The first-order valence-electron chi connectivity index (χ1n) is 6.00. The fourth-order valence-electron chi connectivity index (χ4n) is 1.56. The molecule has 100 valence electrons. The minimum absolute atomic E-state index is 0.00840. The molecular weight excluding hydrogens is 222 g/mol. The molecule has 2 N–H and O–H groups in total. The zero-order valence-corrected chi connectivity index (χ0v) is 11.0. The SMILES string of the molecule is CCCCC(NC(C(=O)OC)C(C)C)C(=O)O. The number of ether oxygens (including phenoxy) is 1. The highest BCUT2D eigenvalue weighted by Crippen LogP contribution is 2.08. The van der Waals surface area contributed by atoms with Crippen molar-refractivity contribution < 1.29 is 19.4 Å². The number of carboxylic acid groups (broad SMARTS) is 1. The predicted octanol–water partition coefficient (Wildman–Crippen LogP) is 1.42. The van der Waals surface area contributed by atoms with Gasteiger partial charge in [-0.25, -0.2) is 0 Å². The normalized spacial score (nSPS) is 14.4. The molecule has 0 radical (unpaired) electrons. The summed E-state index contributed by atoms with van der Waals surface area (Å²) in [4.78, 5) is 22.6. The maximum atomic E-state index is 11.5. The van der Waals surface area contributed by atoms with Crippen LogP contribution in [0.2, 0.25) is 0 Å². The number of carbonyl (C=O) groups excluding carboxylic acids is 1. The molecule has 0 aromatic heterocycles. The number of unbranched alkanes of at least 4 members (excludes halogenated alkanes) is 1. The van der Waals surface area contributed by atoms with Crippen LogP contribution in [0.1, 0.15) is 40.0 Å². The summed E-state index contributed by atoms with van der Waals surface area (Å²) < 4.78 is 4.66. The molecule has 0 aromatic carbocycles. The minimum Gasteiger partial charge on any atom is -0.480 e. The van der Waals surface area contributed by atoms with Gasteiger partial charge in [0.05, 0.1) is 7.11 Å². The number of esters is 1. The van der Waals surface area contributed by atoms with Crippen LogP contribution in [0, 0.1) is 5.92 Å². The van der Waals surface area contributed by atoms with Crippen LogP contribution in [-0.4, -0.2) is 36.2 Å². The zero-order valence-electron chi connectivity index (χ0n) is 11.0. The number of carboxylic acids is 1. The Bertz CT molecular complexity index is 253. The van der Waals surface area contributed by atoms with Crippen LogP contribution in [-0.2, 0) is 14.3 Å². The largest absolute Gasteiger partial charge is 0.480 e. The number of hydrogen-bond donors (Lipinski definition) is 2. The first-order valence-corrected chi connectivity index (χ1v) is 6.00. The smallest absolute Gasteiger partial charge is 0.323 e. The lowest BCUT2D eigenvalue weighted by atomic mass is 10.0. The van der Waals surface area contributed by atoms with Crippen LogP contribution in [0.3, 0.4) is 0 Å². The Hall–Kier alpha value is -1.10. The van der Waals surface area contributed by atoms with Crippen LogP contribution in [0.4, 0.5) is 0 Å². The second-order valence-electron chi connectivity index (χ2n) is 4.44. The summed E-state index contributed by atoms with van der Waals surface area (Å²) in [6.45, 7) is 5.71. The van der Waals surface area contributed by atoms with E-state index in [2.05, 4.69) is 10.1 Å². The van der Waals surface area contributed by atoms with E-state index in [0.29, 0.717) is 6.42 Å². The second kappa shape index (κ2) is 8.06. The fourth-order valence-corrected chi connectivity index (χ4v) is 1.56. The summed E-state index contributed by atoms with van der Waals surface area (Å²) in [7, 11) is 1.31. The van der Waals surface area contributed by atoms with E-state index in [1.807, 2.05) is 20.8 Å². The average molecular weight is 245 g/mol. The molecule has 0 spiro atoms. The quantitative estimate of drug-likeness (QED) is 0.632. The van der Waals surface area contributed by atoms with Crippen molar-refractivity contribution in [2.24, 2.45) is 5.92 Å². The molecule has 0 aromatic rings. The van der Waals surface area contributed by atoms with Crippen LogP contribution in [0.25, 0.3) is 0 Å². The van der Waals surface area contributed by atoms with Crippen molar-refractivity contribution in [1.29, 1.82) is 0 Å². The van der Waals surface area contributed by atoms with E-state index in [1.165, 1.54) is 7.11 Å². The van der Waals surface area contributed by atoms with E-state index in [1.54, 1.807) is 0 Å². The van der Waals surface area contributed by atoms with Crippen molar-refractivity contribution >= 4 is 11.9 Å². The maximum absolute atomic E-state index is 11.5. The molecule has 0 heterocycles. The van der Waals surface area contributed by atoms with Gasteiger partial charge in [-0.3, -0.25) is 14.9 Å². The maximum Gasteiger partial charge on any atom is 0.323 e. The Morgan fingerprint density at radius 1 is 1.35 bits per heavy atom. The van der Waals surface area contributed by atoms with Gasteiger partial charge in [0.25, 0.3) is 0 Å². The van der Waals surface area contributed by atoms with Crippen LogP contribution >= 0.6 is 0 Å². The summed E-state index contributed by atoms with van der Waals surface area (Å²) >= 11 is 0. The standard InChI is InChI=1S/C12H23NO4/c1-5-6-7-9(11(14)15)13-10(8(2)3)12(16)17-4/h8-10,13H,5-7H2,1-4H3,(H,14,15). The highest BCUT2D eigenvalue weighted by Gasteiger charge is 2.28. The monoisotopic (exact) mass is 245 g/mol. The fraction of sp³-hybridized carbons (Fsp3) is 0.833. The molecule has 0 aliphatic carbocycles. The molecular formula is C12H23NO4. The number of rotatable bonds is 8. The topological polar surface area (TPSA) is 75.6 Å². The Morgan fingerprint density at radius 3 is 2.29 bits per heavy atom. The van der Waals surface area contributed by atoms with E-state index in [-0.39, 0.29) is 5.92 Å². The van der Waals surface area contributed by atoms with Crippen molar-refractivity contribution in [1.82, 2.24) is 5.32 Å². The van der Waals surface area contributed by atoms with Crippen LogP contribution in [0.15, 0.2) is 0 Å². The van der Waals surface area contributed by atoms with Gasteiger partial charge in [0.1, 0.15) is 12.1 Å². The van der Waals surface area contributed by atoms with Crippen LogP contribution < -0.4 is 5.32 Å². The van der Waals surface area contributed by atoms with Gasteiger partial charge in [-0.1, -0.05) is 33.6 Å². The van der Waals surface area contributed by atoms with Crippen molar-refractivity contribution in [2.45, 2.75) is 52.1 Å². The van der Waals surface area contributed by atoms with Crippen molar-refractivity contribution in [3.63, 3.8) is 0 Å². The van der Waals surface area contributed by atoms with E-state index < -0.39 is 24.0 Å². The number of hydrogen-bond acceptors (Lipinski definition) is 4. The highest BCUT2D eigenvalue weighted by atomic mass is 16.5. The zero-order chi connectivity index (χ0) is 13.4. The van der Waals surface area contributed by atoms with Crippen LogP contribution in [0.5, 0.6) is 0 Å². The lowest BCUT2D eigenvalue weighted by molar-refractivity contribution is -0.146. The highest BCUT2D eigenvalue weighted by molar-refractivity contribution is 5.78.